The Balaban J connectivity index is 0.00000264. The Bertz CT molecular complexity index is 467. The van der Waals surface area contributed by atoms with Gasteiger partial charge in [0, 0.05) is 25.6 Å². The standard InChI is InChI=1S/C17H26N2O3.ClH/c1-13-11-15(7-8-18-13)17(20)19-12-14-3-5-16(6-4-14)22-10-9-21-2;/h3-6,13,15,18H,7-12H2,1-2H3,(H,19,20);1H/t13-,15-;/m0./s1. The molecule has 23 heavy (non-hydrogen) atoms. The predicted molar refractivity (Wildman–Crippen MR) is 93.1 cm³/mol. The molecule has 1 saturated heterocycles. The highest BCUT2D eigenvalue weighted by Crippen LogP contribution is 2.17. The van der Waals surface area contributed by atoms with Crippen LogP contribution in [0.15, 0.2) is 24.3 Å². The van der Waals surface area contributed by atoms with Crippen LogP contribution in [0.4, 0.5) is 0 Å². The molecule has 2 atom stereocenters. The second-order valence-electron chi connectivity index (χ2n) is 5.78. The molecular formula is C17H27ClN2O3. The Morgan fingerprint density at radius 2 is 2.04 bits per heavy atom. The van der Waals surface area contributed by atoms with Crippen molar-refractivity contribution < 1.29 is 14.3 Å². The lowest BCUT2D eigenvalue weighted by Crippen LogP contribution is -2.42. The Morgan fingerprint density at radius 1 is 1.30 bits per heavy atom. The molecule has 0 aromatic heterocycles. The highest BCUT2D eigenvalue weighted by Gasteiger charge is 2.24. The van der Waals surface area contributed by atoms with Gasteiger partial charge in [0.05, 0.1) is 6.61 Å². The van der Waals surface area contributed by atoms with E-state index in [1.54, 1.807) is 7.11 Å². The minimum atomic E-state index is 0. The summed E-state index contributed by atoms with van der Waals surface area (Å²) in [4.78, 5) is 12.2. The fourth-order valence-corrected chi connectivity index (χ4v) is 2.65. The van der Waals surface area contributed by atoms with Crippen LogP contribution in [-0.2, 0) is 16.1 Å². The van der Waals surface area contributed by atoms with Gasteiger partial charge in [-0.15, -0.1) is 12.4 Å². The number of piperidine rings is 1. The van der Waals surface area contributed by atoms with Crippen molar-refractivity contribution in [1.29, 1.82) is 0 Å². The fourth-order valence-electron chi connectivity index (χ4n) is 2.65. The van der Waals surface area contributed by atoms with Crippen LogP contribution in [0.5, 0.6) is 5.75 Å². The van der Waals surface area contributed by atoms with Crippen molar-refractivity contribution in [2.24, 2.45) is 5.92 Å². The van der Waals surface area contributed by atoms with E-state index in [1.165, 1.54) is 0 Å². The second kappa shape index (κ2) is 10.5. The molecule has 2 rings (SSSR count). The highest BCUT2D eigenvalue weighted by molar-refractivity contribution is 5.85. The number of hydrogen-bond donors (Lipinski definition) is 2. The van der Waals surface area contributed by atoms with Gasteiger partial charge in [0.2, 0.25) is 5.91 Å². The van der Waals surface area contributed by atoms with Crippen LogP contribution in [0.3, 0.4) is 0 Å². The van der Waals surface area contributed by atoms with Crippen LogP contribution in [-0.4, -0.2) is 38.8 Å². The minimum absolute atomic E-state index is 0. The number of carbonyl (C=O) groups excluding carboxylic acids is 1. The predicted octanol–water partition coefficient (Wildman–Crippen LogP) is 2.14. The molecule has 1 aromatic carbocycles. The molecule has 130 valence electrons. The maximum atomic E-state index is 12.2. The van der Waals surface area contributed by atoms with Gasteiger partial charge in [0.1, 0.15) is 12.4 Å². The molecule has 1 aliphatic heterocycles. The van der Waals surface area contributed by atoms with Crippen molar-refractivity contribution in [3.63, 3.8) is 0 Å². The van der Waals surface area contributed by atoms with Crippen molar-refractivity contribution in [2.75, 3.05) is 26.9 Å². The van der Waals surface area contributed by atoms with Gasteiger partial charge in [0.25, 0.3) is 0 Å². The van der Waals surface area contributed by atoms with Gasteiger partial charge in [-0.25, -0.2) is 0 Å². The van der Waals surface area contributed by atoms with Gasteiger partial charge in [-0.05, 0) is 44.0 Å². The number of amides is 1. The summed E-state index contributed by atoms with van der Waals surface area (Å²) >= 11 is 0. The largest absolute Gasteiger partial charge is 0.491 e. The maximum Gasteiger partial charge on any atom is 0.223 e. The molecule has 0 aliphatic carbocycles. The van der Waals surface area contributed by atoms with E-state index in [4.69, 9.17) is 9.47 Å². The zero-order chi connectivity index (χ0) is 15.8. The van der Waals surface area contributed by atoms with E-state index >= 15 is 0 Å². The topological polar surface area (TPSA) is 59.6 Å². The summed E-state index contributed by atoms with van der Waals surface area (Å²) in [5, 5.41) is 6.40. The third kappa shape index (κ3) is 6.77. The van der Waals surface area contributed by atoms with Crippen molar-refractivity contribution in [3.8, 4) is 5.75 Å². The smallest absolute Gasteiger partial charge is 0.223 e. The Kier molecular flexibility index (Phi) is 8.99. The molecule has 6 heteroatoms. The molecule has 1 heterocycles. The number of hydrogen-bond acceptors (Lipinski definition) is 4. The summed E-state index contributed by atoms with van der Waals surface area (Å²) in [5.74, 6) is 1.11. The van der Waals surface area contributed by atoms with Crippen LogP contribution in [0.2, 0.25) is 0 Å². The first-order chi connectivity index (χ1) is 10.7. The van der Waals surface area contributed by atoms with Crippen molar-refractivity contribution >= 4 is 18.3 Å². The average Bonchev–Trinajstić information content (AvgIpc) is 2.54. The third-order valence-corrected chi connectivity index (χ3v) is 3.94. The van der Waals surface area contributed by atoms with Gasteiger partial charge >= 0.3 is 0 Å². The summed E-state index contributed by atoms with van der Waals surface area (Å²) in [6.45, 7) is 4.73. The van der Waals surface area contributed by atoms with Gasteiger partial charge in [-0.1, -0.05) is 12.1 Å². The van der Waals surface area contributed by atoms with Gasteiger partial charge in [-0.2, -0.15) is 0 Å². The molecule has 1 fully saturated rings. The normalized spacial score (nSPS) is 20.4. The Hall–Kier alpha value is -1.30. The number of carbonyl (C=O) groups is 1. The molecular weight excluding hydrogens is 316 g/mol. The zero-order valence-corrected chi connectivity index (χ0v) is 14.7. The number of ether oxygens (including phenoxy) is 2. The summed E-state index contributed by atoms with van der Waals surface area (Å²) in [5.41, 5.74) is 1.08. The van der Waals surface area contributed by atoms with Crippen LogP contribution >= 0.6 is 12.4 Å². The van der Waals surface area contributed by atoms with Crippen LogP contribution in [0.25, 0.3) is 0 Å². The molecule has 1 aromatic rings. The number of halogens is 1. The van der Waals surface area contributed by atoms with Crippen molar-refractivity contribution in [1.82, 2.24) is 10.6 Å². The minimum Gasteiger partial charge on any atom is -0.491 e. The fraction of sp³-hybridized carbons (Fsp3) is 0.588. The maximum absolute atomic E-state index is 12.2. The first-order valence-corrected chi connectivity index (χ1v) is 7.91. The average molecular weight is 343 g/mol. The number of methoxy groups -OCH3 is 1. The van der Waals surface area contributed by atoms with Crippen molar-refractivity contribution in [3.05, 3.63) is 29.8 Å². The molecule has 5 nitrogen and oxygen atoms in total. The number of rotatable bonds is 7. The molecule has 0 bridgehead atoms. The van der Waals surface area contributed by atoms with E-state index in [0.717, 1.165) is 30.7 Å². The lowest BCUT2D eigenvalue weighted by molar-refractivity contribution is -0.126. The number of nitrogens with one attached hydrogen (secondary N) is 2. The molecule has 1 aliphatic rings. The molecule has 0 radical (unpaired) electrons. The van der Waals surface area contributed by atoms with Gasteiger partial charge in [-0.3, -0.25) is 4.79 Å². The third-order valence-electron chi connectivity index (χ3n) is 3.94. The monoisotopic (exact) mass is 342 g/mol. The summed E-state index contributed by atoms with van der Waals surface area (Å²) < 4.78 is 10.5. The van der Waals surface area contributed by atoms with E-state index in [0.29, 0.717) is 25.8 Å². The molecule has 0 unspecified atom stereocenters. The Morgan fingerprint density at radius 3 is 2.70 bits per heavy atom. The van der Waals surface area contributed by atoms with E-state index in [2.05, 4.69) is 17.6 Å². The van der Waals surface area contributed by atoms with Gasteiger partial charge < -0.3 is 20.1 Å². The first-order valence-electron chi connectivity index (χ1n) is 7.91. The van der Waals surface area contributed by atoms with Gasteiger partial charge in [0.15, 0.2) is 0 Å². The summed E-state index contributed by atoms with van der Waals surface area (Å²) in [6, 6.07) is 8.22. The van der Waals surface area contributed by atoms with Crippen LogP contribution < -0.4 is 15.4 Å². The van der Waals surface area contributed by atoms with E-state index < -0.39 is 0 Å². The molecule has 2 N–H and O–H groups in total. The van der Waals surface area contributed by atoms with Crippen LogP contribution in [0, 0.1) is 5.92 Å². The summed E-state index contributed by atoms with van der Waals surface area (Å²) in [7, 11) is 1.65. The van der Waals surface area contributed by atoms with E-state index in [1.807, 2.05) is 24.3 Å². The first kappa shape index (κ1) is 19.7. The number of benzene rings is 1. The molecule has 0 spiro atoms. The Labute approximate surface area is 144 Å². The lowest BCUT2D eigenvalue weighted by atomic mass is 9.92. The van der Waals surface area contributed by atoms with Crippen molar-refractivity contribution in [2.45, 2.75) is 32.4 Å². The highest BCUT2D eigenvalue weighted by atomic mass is 35.5. The van der Waals surface area contributed by atoms with Crippen LogP contribution in [0.1, 0.15) is 25.3 Å². The summed E-state index contributed by atoms with van der Waals surface area (Å²) in [6.07, 6.45) is 1.83. The molecule has 1 amide bonds. The SMILES string of the molecule is COCCOc1ccc(CNC(=O)[C@H]2CCN[C@@H](C)C2)cc1.Cl. The lowest BCUT2D eigenvalue weighted by Gasteiger charge is -2.27. The molecule has 0 saturated carbocycles. The zero-order valence-electron chi connectivity index (χ0n) is 13.8. The van der Waals surface area contributed by atoms with E-state index in [-0.39, 0.29) is 24.2 Å². The quantitative estimate of drug-likeness (QED) is 0.745. The second-order valence-corrected chi connectivity index (χ2v) is 5.78. The van der Waals surface area contributed by atoms with E-state index in [9.17, 15) is 4.79 Å².